The van der Waals surface area contributed by atoms with Crippen LogP contribution in [-0.2, 0) is 15.4 Å². The van der Waals surface area contributed by atoms with E-state index in [1.165, 1.54) is 0 Å². The highest BCUT2D eigenvalue weighted by atomic mass is 35.5. The fraction of sp³-hybridized carbons (Fsp3) is 0.583. The minimum atomic E-state index is 0.410. The van der Waals surface area contributed by atoms with E-state index in [0.29, 0.717) is 38.2 Å². The van der Waals surface area contributed by atoms with Crippen LogP contribution in [0.2, 0.25) is 0 Å². The zero-order valence-electron chi connectivity index (χ0n) is 10.0. The highest BCUT2D eigenvalue weighted by Gasteiger charge is 2.02. The Kier molecular flexibility index (Phi) is 7.71. The molecule has 1 heterocycles. The molecule has 0 aliphatic heterocycles. The topological polar surface area (TPSA) is 40.6 Å². The Morgan fingerprint density at radius 1 is 1.24 bits per heavy atom. The van der Waals surface area contributed by atoms with Gasteiger partial charge in [0.1, 0.15) is 0 Å². The largest absolute Gasteiger partial charge is 0.477 e. The van der Waals surface area contributed by atoms with E-state index in [1.807, 2.05) is 12.1 Å². The van der Waals surface area contributed by atoms with Gasteiger partial charge in [0.15, 0.2) is 0 Å². The first-order valence-electron chi connectivity index (χ1n) is 5.58. The summed E-state index contributed by atoms with van der Waals surface area (Å²) in [7, 11) is 1.65. The van der Waals surface area contributed by atoms with Gasteiger partial charge in [-0.05, 0) is 6.07 Å². The maximum Gasteiger partial charge on any atom is 0.217 e. The van der Waals surface area contributed by atoms with Crippen LogP contribution in [0, 0.1) is 0 Å². The molecule has 4 nitrogen and oxygen atoms in total. The lowest BCUT2D eigenvalue weighted by atomic mass is 10.3. The summed E-state index contributed by atoms with van der Waals surface area (Å²) in [5.41, 5.74) is 0.912. The van der Waals surface area contributed by atoms with Crippen LogP contribution in [0.15, 0.2) is 18.3 Å². The summed E-state index contributed by atoms with van der Waals surface area (Å²) < 4.78 is 15.7. The molecule has 17 heavy (non-hydrogen) atoms. The van der Waals surface area contributed by atoms with E-state index in [4.69, 9.17) is 25.8 Å². The quantitative estimate of drug-likeness (QED) is 0.504. The average molecular weight is 260 g/mol. The summed E-state index contributed by atoms with van der Waals surface area (Å²) in [5, 5.41) is 0. The van der Waals surface area contributed by atoms with Crippen LogP contribution in [0.25, 0.3) is 0 Å². The Bertz CT molecular complexity index is 310. The van der Waals surface area contributed by atoms with Gasteiger partial charge in [0.05, 0.1) is 25.7 Å². The Morgan fingerprint density at radius 2 is 2.12 bits per heavy atom. The van der Waals surface area contributed by atoms with E-state index in [-0.39, 0.29) is 0 Å². The summed E-state index contributed by atoms with van der Waals surface area (Å²) >= 11 is 5.77. The van der Waals surface area contributed by atoms with E-state index in [0.717, 1.165) is 12.0 Å². The van der Waals surface area contributed by atoms with Crippen molar-refractivity contribution in [3.8, 4) is 5.88 Å². The molecule has 1 aromatic heterocycles. The van der Waals surface area contributed by atoms with Crippen LogP contribution in [-0.4, -0.2) is 38.5 Å². The van der Waals surface area contributed by atoms with Gasteiger partial charge >= 0.3 is 0 Å². The van der Waals surface area contributed by atoms with Crippen molar-refractivity contribution in [2.45, 2.75) is 12.3 Å². The Hall–Kier alpha value is -0.840. The number of ether oxygens (including phenoxy) is 3. The first kappa shape index (κ1) is 14.2. The van der Waals surface area contributed by atoms with Crippen LogP contribution in [0.4, 0.5) is 0 Å². The number of halogens is 1. The zero-order chi connectivity index (χ0) is 12.3. The second kappa shape index (κ2) is 9.22. The highest BCUT2D eigenvalue weighted by Crippen LogP contribution is 2.16. The van der Waals surface area contributed by atoms with Crippen molar-refractivity contribution in [1.29, 1.82) is 0 Å². The van der Waals surface area contributed by atoms with Crippen molar-refractivity contribution < 1.29 is 14.2 Å². The van der Waals surface area contributed by atoms with Crippen LogP contribution in [0.5, 0.6) is 5.88 Å². The Morgan fingerprint density at radius 3 is 2.88 bits per heavy atom. The molecule has 0 unspecified atom stereocenters. The SMILES string of the molecule is COCCOCCCOc1ncccc1CCl. The van der Waals surface area contributed by atoms with Gasteiger partial charge in [-0.2, -0.15) is 0 Å². The van der Waals surface area contributed by atoms with Gasteiger partial charge in [-0.25, -0.2) is 4.98 Å². The molecule has 0 aliphatic carbocycles. The molecule has 96 valence electrons. The molecule has 0 fully saturated rings. The highest BCUT2D eigenvalue weighted by molar-refractivity contribution is 6.17. The summed E-state index contributed by atoms with van der Waals surface area (Å²) in [6, 6.07) is 3.75. The minimum Gasteiger partial charge on any atom is -0.477 e. The number of methoxy groups -OCH3 is 1. The van der Waals surface area contributed by atoms with Crippen LogP contribution in [0.3, 0.4) is 0 Å². The normalized spacial score (nSPS) is 10.5. The van der Waals surface area contributed by atoms with E-state index in [1.54, 1.807) is 13.3 Å². The van der Waals surface area contributed by atoms with Crippen molar-refractivity contribution in [3.63, 3.8) is 0 Å². The third-order valence-electron chi connectivity index (χ3n) is 2.10. The van der Waals surface area contributed by atoms with Crippen molar-refractivity contribution in [1.82, 2.24) is 4.98 Å². The molecule has 0 aromatic carbocycles. The summed E-state index contributed by atoms with van der Waals surface area (Å²) in [6.07, 6.45) is 2.52. The van der Waals surface area contributed by atoms with E-state index in [9.17, 15) is 0 Å². The minimum absolute atomic E-state index is 0.410. The van der Waals surface area contributed by atoms with E-state index < -0.39 is 0 Å². The Balaban J connectivity index is 2.13. The number of hydrogen-bond acceptors (Lipinski definition) is 4. The van der Waals surface area contributed by atoms with Gasteiger partial charge in [0, 0.05) is 31.9 Å². The van der Waals surface area contributed by atoms with Crippen molar-refractivity contribution in [2.75, 3.05) is 33.5 Å². The number of aromatic nitrogens is 1. The molecule has 0 amide bonds. The molecule has 0 radical (unpaired) electrons. The molecule has 0 atom stereocenters. The number of alkyl halides is 1. The van der Waals surface area contributed by atoms with E-state index >= 15 is 0 Å². The van der Waals surface area contributed by atoms with Gasteiger partial charge in [0.25, 0.3) is 0 Å². The van der Waals surface area contributed by atoms with Gasteiger partial charge in [-0.15, -0.1) is 11.6 Å². The fourth-order valence-corrected chi connectivity index (χ4v) is 1.43. The molecule has 5 heteroatoms. The van der Waals surface area contributed by atoms with Crippen LogP contribution >= 0.6 is 11.6 Å². The second-order valence-corrected chi connectivity index (χ2v) is 3.68. The predicted octanol–water partition coefficient (Wildman–Crippen LogP) is 2.25. The second-order valence-electron chi connectivity index (χ2n) is 3.41. The number of hydrogen-bond donors (Lipinski definition) is 0. The molecular formula is C12H18ClNO3. The lowest BCUT2D eigenvalue weighted by Gasteiger charge is -2.08. The van der Waals surface area contributed by atoms with Gasteiger partial charge in [0.2, 0.25) is 5.88 Å². The monoisotopic (exact) mass is 259 g/mol. The van der Waals surface area contributed by atoms with Crippen molar-refractivity contribution in [3.05, 3.63) is 23.9 Å². The molecule has 0 saturated carbocycles. The van der Waals surface area contributed by atoms with E-state index in [2.05, 4.69) is 4.98 Å². The third-order valence-corrected chi connectivity index (χ3v) is 2.39. The number of nitrogens with zero attached hydrogens (tertiary/aromatic N) is 1. The molecule has 1 rings (SSSR count). The van der Waals surface area contributed by atoms with Gasteiger partial charge in [-0.3, -0.25) is 0 Å². The molecular weight excluding hydrogens is 242 g/mol. The molecule has 0 aliphatic rings. The Labute approximate surface area is 107 Å². The predicted molar refractivity (Wildman–Crippen MR) is 66.6 cm³/mol. The third kappa shape index (κ3) is 5.86. The van der Waals surface area contributed by atoms with Gasteiger partial charge < -0.3 is 14.2 Å². The summed E-state index contributed by atoms with van der Waals surface area (Å²) in [4.78, 5) is 4.13. The summed E-state index contributed by atoms with van der Waals surface area (Å²) in [5.74, 6) is 1.02. The fourth-order valence-electron chi connectivity index (χ4n) is 1.23. The lowest BCUT2D eigenvalue weighted by Crippen LogP contribution is -2.07. The van der Waals surface area contributed by atoms with Gasteiger partial charge in [-0.1, -0.05) is 6.07 Å². The molecule has 1 aromatic rings. The smallest absolute Gasteiger partial charge is 0.217 e. The molecule has 0 saturated heterocycles. The average Bonchev–Trinajstić information content (AvgIpc) is 2.38. The summed E-state index contributed by atoms with van der Waals surface area (Å²) in [6.45, 7) is 2.48. The van der Waals surface area contributed by atoms with Crippen molar-refractivity contribution >= 4 is 11.6 Å². The first-order chi connectivity index (χ1) is 8.38. The van der Waals surface area contributed by atoms with Crippen LogP contribution in [0.1, 0.15) is 12.0 Å². The number of rotatable bonds is 9. The van der Waals surface area contributed by atoms with Crippen molar-refractivity contribution in [2.24, 2.45) is 0 Å². The zero-order valence-corrected chi connectivity index (χ0v) is 10.8. The molecule has 0 N–H and O–H groups in total. The maximum absolute atomic E-state index is 5.77. The maximum atomic E-state index is 5.77. The first-order valence-corrected chi connectivity index (χ1v) is 6.11. The standard InChI is InChI=1S/C12H18ClNO3/c1-15-8-9-16-6-3-7-17-12-11(10-13)4-2-5-14-12/h2,4-5H,3,6-10H2,1H3. The molecule has 0 bridgehead atoms. The molecule has 0 spiro atoms. The lowest BCUT2D eigenvalue weighted by molar-refractivity contribution is 0.0641. The number of pyridine rings is 1. The van der Waals surface area contributed by atoms with Crippen LogP contribution < -0.4 is 4.74 Å².